The average molecular weight is 317 g/mol. The molecule has 1 aliphatic rings. The highest BCUT2D eigenvalue weighted by Gasteiger charge is 2.40. The largest absolute Gasteiger partial charge is 0.496 e. The van der Waals surface area contributed by atoms with Crippen molar-refractivity contribution in [2.24, 2.45) is 0 Å². The number of aromatic nitrogens is 1. The number of ether oxygens (including phenoxy) is 1. The van der Waals surface area contributed by atoms with Gasteiger partial charge in [0.15, 0.2) is 5.69 Å². The van der Waals surface area contributed by atoms with Gasteiger partial charge < -0.3 is 9.84 Å². The molecule has 0 amide bonds. The Morgan fingerprint density at radius 3 is 2.64 bits per heavy atom. The Labute approximate surface area is 133 Å². The molecule has 1 N–H and O–H groups in total. The maximum Gasteiger partial charge on any atom is 0.355 e. The number of aromatic carboxylic acids is 1. The molecule has 1 fully saturated rings. The van der Waals surface area contributed by atoms with Gasteiger partial charge in [0.05, 0.1) is 12.5 Å². The number of para-hydroxylation sites is 1. The predicted molar refractivity (Wildman–Crippen MR) is 85.9 cm³/mol. The van der Waals surface area contributed by atoms with Gasteiger partial charge in [-0.25, -0.2) is 9.78 Å². The lowest BCUT2D eigenvalue weighted by atomic mass is 9.69. The standard InChI is InChI=1S/C17H19NO3S/c1-21-14-8-4-3-7-12(14)17(9-5-2-6-10-17)16-18-13(11-22-16)15(19)20/h3-4,7-8,11H,2,5-6,9-10H2,1H3,(H,19,20). The van der Waals surface area contributed by atoms with Gasteiger partial charge in [-0.05, 0) is 18.9 Å². The second-order valence-electron chi connectivity index (χ2n) is 5.69. The summed E-state index contributed by atoms with van der Waals surface area (Å²) >= 11 is 1.45. The van der Waals surface area contributed by atoms with Gasteiger partial charge in [-0.15, -0.1) is 11.3 Å². The summed E-state index contributed by atoms with van der Waals surface area (Å²) in [6, 6.07) is 8.03. The van der Waals surface area contributed by atoms with E-state index in [1.807, 2.05) is 18.2 Å². The summed E-state index contributed by atoms with van der Waals surface area (Å²) < 4.78 is 5.56. The molecule has 1 aromatic carbocycles. The summed E-state index contributed by atoms with van der Waals surface area (Å²) in [7, 11) is 1.68. The Kier molecular flexibility index (Phi) is 4.16. The topological polar surface area (TPSA) is 59.4 Å². The highest BCUT2D eigenvalue weighted by Crippen LogP contribution is 2.48. The Hall–Kier alpha value is -1.88. The lowest BCUT2D eigenvalue weighted by molar-refractivity contribution is 0.0691. The molecule has 0 spiro atoms. The number of methoxy groups -OCH3 is 1. The molecule has 1 aromatic heterocycles. The van der Waals surface area contributed by atoms with Crippen LogP contribution in [0.25, 0.3) is 0 Å². The zero-order chi connectivity index (χ0) is 15.6. The molecule has 2 aromatic rings. The molecule has 4 nitrogen and oxygen atoms in total. The summed E-state index contributed by atoms with van der Waals surface area (Å²) in [6.07, 6.45) is 5.44. The third kappa shape index (κ3) is 2.50. The van der Waals surface area contributed by atoms with Crippen LogP contribution in [-0.4, -0.2) is 23.2 Å². The Morgan fingerprint density at radius 2 is 2.00 bits per heavy atom. The average Bonchev–Trinajstić information content (AvgIpc) is 3.06. The third-order valence-corrected chi connectivity index (χ3v) is 5.51. The van der Waals surface area contributed by atoms with Crippen molar-refractivity contribution in [3.05, 3.63) is 45.9 Å². The van der Waals surface area contributed by atoms with E-state index in [0.717, 1.165) is 42.0 Å². The van der Waals surface area contributed by atoms with Gasteiger partial charge in [-0.1, -0.05) is 37.5 Å². The van der Waals surface area contributed by atoms with Crippen molar-refractivity contribution in [2.75, 3.05) is 7.11 Å². The quantitative estimate of drug-likeness (QED) is 0.922. The molecule has 0 saturated heterocycles. The number of carbonyl (C=O) groups is 1. The summed E-state index contributed by atoms with van der Waals surface area (Å²) in [5.41, 5.74) is 1.05. The van der Waals surface area contributed by atoms with Crippen LogP contribution >= 0.6 is 11.3 Å². The van der Waals surface area contributed by atoms with E-state index >= 15 is 0 Å². The highest BCUT2D eigenvalue weighted by atomic mass is 32.1. The molecule has 0 bridgehead atoms. The molecule has 116 valence electrons. The molecule has 5 heteroatoms. The fraction of sp³-hybridized carbons (Fsp3) is 0.412. The number of hydrogen-bond acceptors (Lipinski definition) is 4. The molecule has 1 saturated carbocycles. The monoisotopic (exact) mass is 317 g/mol. The van der Waals surface area contributed by atoms with Crippen LogP contribution in [0.15, 0.2) is 29.6 Å². The second kappa shape index (κ2) is 6.08. The number of hydrogen-bond donors (Lipinski definition) is 1. The first-order chi connectivity index (χ1) is 10.7. The number of benzene rings is 1. The summed E-state index contributed by atoms with van der Waals surface area (Å²) in [5, 5.41) is 11.7. The van der Waals surface area contributed by atoms with Gasteiger partial charge in [-0.3, -0.25) is 0 Å². The first kappa shape index (κ1) is 15.0. The van der Waals surface area contributed by atoms with E-state index in [2.05, 4.69) is 11.1 Å². The van der Waals surface area contributed by atoms with Crippen molar-refractivity contribution >= 4 is 17.3 Å². The first-order valence-electron chi connectivity index (χ1n) is 7.50. The normalized spacial score (nSPS) is 17.1. The van der Waals surface area contributed by atoms with Crippen molar-refractivity contribution in [2.45, 2.75) is 37.5 Å². The van der Waals surface area contributed by atoms with E-state index in [1.165, 1.54) is 17.8 Å². The summed E-state index contributed by atoms with van der Waals surface area (Å²) in [4.78, 5) is 15.6. The van der Waals surface area contributed by atoms with Crippen molar-refractivity contribution in [1.82, 2.24) is 4.98 Å². The molecule has 0 unspecified atom stereocenters. The number of thiazole rings is 1. The van der Waals surface area contributed by atoms with Crippen molar-refractivity contribution < 1.29 is 14.6 Å². The molecule has 22 heavy (non-hydrogen) atoms. The first-order valence-corrected chi connectivity index (χ1v) is 8.38. The van der Waals surface area contributed by atoms with Crippen LogP contribution in [0.4, 0.5) is 0 Å². The third-order valence-electron chi connectivity index (χ3n) is 4.46. The lowest BCUT2D eigenvalue weighted by Crippen LogP contribution is -2.31. The van der Waals surface area contributed by atoms with Crippen molar-refractivity contribution in [3.8, 4) is 5.75 Å². The SMILES string of the molecule is COc1ccccc1C1(c2nc(C(=O)O)cs2)CCCCC1. The Morgan fingerprint density at radius 1 is 1.27 bits per heavy atom. The Balaban J connectivity index is 2.13. The van der Waals surface area contributed by atoms with E-state index in [4.69, 9.17) is 4.74 Å². The molecule has 0 aliphatic heterocycles. The van der Waals surface area contributed by atoms with Crippen LogP contribution in [0.3, 0.4) is 0 Å². The fourth-order valence-electron chi connectivity index (χ4n) is 3.39. The lowest BCUT2D eigenvalue weighted by Gasteiger charge is -2.37. The van der Waals surface area contributed by atoms with Crippen LogP contribution < -0.4 is 4.74 Å². The van der Waals surface area contributed by atoms with E-state index in [1.54, 1.807) is 12.5 Å². The van der Waals surface area contributed by atoms with Crippen LogP contribution in [0.2, 0.25) is 0 Å². The van der Waals surface area contributed by atoms with Crippen molar-refractivity contribution in [3.63, 3.8) is 0 Å². The summed E-state index contributed by atoms with van der Waals surface area (Å²) in [6.45, 7) is 0. The van der Waals surface area contributed by atoms with E-state index in [0.29, 0.717) is 0 Å². The fourth-order valence-corrected chi connectivity index (χ4v) is 4.45. The minimum absolute atomic E-state index is 0.139. The Bertz CT molecular complexity index is 674. The second-order valence-corrected chi connectivity index (χ2v) is 6.54. The zero-order valence-corrected chi connectivity index (χ0v) is 13.4. The van der Waals surface area contributed by atoms with Gasteiger partial charge in [0.1, 0.15) is 10.8 Å². The van der Waals surface area contributed by atoms with Gasteiger partial charge in [0, 0.05) is 10.9 Å². The highest BCUT2D eigenvalue weighted by molar-refractivity contribution is 7.10. The van der Waals surface area contributed by atoms with Crippen LogP contribution in [0, 0.1) is 0 Å². The minimum Gasteiger partial charge on any atom is -0.496 e. The smallest absolute Gasteiger partial charge is 0.355 e. The molecule has 1 heterocycles. The van der Waals surface area contributed by atoms with Crippen molar-refractivity contribution in [1.29, 1.82) is 0 Å². The van der Waals surface area contributed by atoms with Crippen LogP contribution in [0.5, 0.6) is 5.75 Å². The van der Waals surface area contributed by atoms with E-state index < -0.39 is 5.97 Å². The molecule has 3 rings (SSSR count). The number of nitrogens with zero attached hydrogens (tertiary/aromatic N) is 1. The molecular weight excluding hydrogens is 298 g/mol. The number of carboxylic acid groups (broad SMARTS) is 1. The molecule has 0 atom stereocenters. The van der Waals surface area contributed by atoms with Crippen LogP contribution in [-0.2, 0) is 5.41 Å². The van der Waals surface area contributed by atoms with Gasteiger partial charge in [0.2, 0.25) is 0 Å². The predicted octanol–water partition coefficient (Wildman–Crippen LogP) is 4.10. The van der Waals surface area contributed by atoms with E-state index in [-0.39, 0.29) is 11.1 Å². The summed E-state index contributed by atoms with van der Waals surface area (Å²) in [5.74, 6) is -0.107. The molecule has 0 radical (unpaired) electrons. The number of carboxylic acids is 1. The molecular formula is C17H19NO3S. The minimum atomic E-state index is -0.964. The van der Waals surface area contributed by atoms with Gasteiger partial charge in [-0.2, -0.15) is 0 Å². The van der Waals surface area contributed by atoms with Gasteiger partial charge in [0.25, 0.3) is 0 Å². The van der Waals surface area contributed by atoms with E-state index in [9.17, 15) is 9.90 Å². The van der Waals surface area contributed by atoms with Crippen LogP contribution in [0.1, 0.15) is 53.2 Å². The van der Waals surface area contributed by atoms with Gasteiger partial charge >= 0.3 is 5.97 Å². The maximum absolute atomic E-state index is 11.2. The zero-order valence-electron chi connectivity index (χ0n) is 12.5. The molecule has 1 aliphatic carbocycles. The maximum atomic E-state index is 11.2. The number of rotatable bonds is 4.